The average Bonchev–Trinajstić information content (AvgIpc) is 4.19. The van der Waals surface area contributed by atoms with Gasteiger partial charge >= 0.3 is 12.0 Å². The molecule has 2 aliphatic rings. The molecule has 15 nitrogen and oxygen atoms in total. The highest BCUT2D eigenvalue weighted by atomic mass is 16.5. The summed E-state index contributed by atoms with van der Waals surface area (Å²) in [5, 5.41) is 8.51. The predicted molar refractivity (Wildman–Crippen MR) is 302 cm³/mol. The molecule has 0 atom stereocenters. The van der Waals surface area contributed by atoms with E-state index >= 15 is 0 Å². The summed E-state index contributed by atoms with van der Waals surface area (Å²) in [6.07, 6.45) is 15.5. The van der Waals surface area contributed by atoms with Crippen LogP contribution < -0.4 is 9.47 Å². The highest BCUT2D eigenvalue weighted by Crippen LogP contribution is 2.25. The van der Waals surface area contributed by atoms with E-state index in [9.17, 15) is 24.0 Å². The van der Waals surface area contributed by atoms with E-state index in [4.69, 9.17) is 14.6 Å². The van der Waals surface area contributed by atoms with Crippen molar-refractivity contribution in [3.05, 3.63) is 168 Å². The number of ether oxygens (including phenoxy) is 2. The molecule has 2 saturated heterocycles. The van der Waals surface area contributed by atoms with Gasteiger partial charge in [0.15, 0.2) is 11.6 Å². The van der Waals surface area contributed by atoms with Gasteiger partial charge in [-0.3, -0.25) is 38.1 Å². The minimum Gasteiger partial charge on any atom is -0.497 e. The van der Waals surface area contributed by atoms with E-state index in [1.54, 1.807) is 39.0 Å². The number of carboxylic acids is 1. The molecule has 2 fully saturated rings. The maximum atomic E-state index is 12.6. The second-order valence-electron chi connectivity index (χ2n) is 21.5. The fourth-order valence-corrected chi connectivity index (χ4v) is 8.69. The maximum absolute atomic E-state index is 12.6. The molecular weight excluding hydrogens is 971 g/mol. The van der Waals surface area contributed by atoms with Crippen LogP contribution in [0.3, 0.4) is 0 Å². The summed E-state index contributed by atoms with van der Waals surface area (Å²) in [5.74, 6) is 1.23. The van der Waals surface area contributed by atoms with Crippen LogP contribution in [-0.2, 0) is 33.5 Å². The Morgan fingerprint density at radius 1 is 0.506 bits per heavy atom. The summed E-state index contributed by atoms with van der Waals surface area (Å²) in [5.41, 5.74) is 6.58. The summed E-state index contributed by atoms with van der Waals surface area (Å²) in [7, 11) is 3.38. The lowest BCUT2D eigenvalue weighted by atomic mass is 9.86. The fraction of sp³-hybridized carbons (Fsp3) is 0.435. The Morgan fingerprint density at radius 2 is 0.909 bits per heavy atom. The Balaban J connectivity index is 0.000000205. The number of amides is 1. The van der Waals surface area contributed by atoms with Crippen molar-refractivity contribution in [1.82, 2.24) is 33.8 Å². The van der Waals surface area contributed by atoms with E-state index in [2.05, 4.69) is 85.6 Å². The number of hydrogen-bond donors (Lipinski definition) is 1. The van der Waals surface area contributed by atoms with Crippen LogP contribution in [-0.4, -0.2) is 122 Å². The van der Waals surface area contributed by atoms with Crippen LogP contribution in [0.25, 0.3) is 0 Å². The molecule has 6 aromatic rings. The first-order valence-corrected chi connectivity index (χ1v) is 26.8. The number of piperazine rings is 1. The van der Waals surface area contributed by atoms with Crippen LogP contribution in [0.4, 0.5) is 4.79 Å². The van der Waals surface area contributed by atoms with Crippen LogP contribution in [0.5, 0.6) is 11.5 Å². The van der Waals surface area contributed by atoms with E-state index in [1.807, 2.05) is 77.7 Å². The highest BCUT2D eigenvalue weighted by Gasteiger charge is 2.22. The lowest BCUT2D eigenvalue weighted by molar-refractivity contribution is -0.137. The molecule has 2 aliphatic heterocycles. The number of ketones is 2. The number of Topliss-reactive ketones (excluding diaryl/α,β-unsaturated/α-hetero) is 2. The van der Waals surface area contributed by atoms with Crippen molar-refractivity contribution >= 4 is 29.5 Å². The Kier molecular flexibility index (Phi) is 24.0. The van der Waals surface area contributed by atoms with Crippen molar-refractivity contribution in [3.8, 4) is 11.5 Å². The normalized spacial score (nSPS) is 13.8. The molecule has 412 valence electrons. The van der Waals surface area contributed by atoms with Crippen LogP contribution in [0.1, 0.15) is 142 Å². The Morgan fingerprint density at radius 3 is 1.27 bits per heavy atom. The number of benzene rings is 4. The first kappa shape index (κ1) is 60.6. The summed E-state index contributed by atoms with van der Waals surface area (Å²) in [4.78, 5) is 73.0. The standard InChI is InChI=1S/C27H36N2O3.C15H20O3.C13H19NO.C7H6N4O/c1-27(2,3)23-12-10-22(11-13-23)25(30)6-5-7-26(31)29-18-16-28(17-19-29)20-21-8-14-24(32-4)15-9-21;1-15(2,3)12-9-7-11(8-10-12)13(16)5-4-6-14(17)18;1-15-13-7-5-12(6-8-13)11-14-9-3-2-4-10-14;12-7(10-3-1-8-5-10)11-4-2-9-6-11/h8-15H,5-7,16-20H2,1-4H3;7-10H,4-6H2,1-3H3,(H,17,18);5-8H,2-4,9-11H2,1H3;1-6H. The number of rotatable bonds is 16. The molecule has 15 heteroatoms. The van der Waals surface area contributed by atoms with E-state index in [-0.39, 0.29) is 40.8 Å². The second-order valence-corrected chi connectivity index (χ2v) is 21.5. The third-order valence-corrected chi connectivity index (χ3v) is 13.5. The molecule has 0 radical (unpaired) electrons. The molecule has 0 saturated carbocycles. The number of carbonyl (C=O) groups excluding carboxylic acids is 4. The van der Waals surface area contributed by atoms with Gasteiger partial charge in [0.05, 0.1) is 14.2 Å². The van der Waals surface area contributed by atoms with Crippen molar-refractivity contribution in [2.75, 3.05) is 53.5 Å². The Bertz CT molecular complexity index is 2660. The molecule has 4 aromatic carbocycles. The molecule has 2 aromatic heterocycles. The summed E-state index contributed by atoms with van der Waals surface area (Å²) < 4.78 is 13.1. The number of aromatic nitrogens is 4. The van der Waals surface area contributed by atoms with E-state index in [0.29, 0.717) is 37.7 Å². The summed E-state index contributed by atoms with van der Waals surface area (Å²) >= 11 is 0. The zero-order chi connectivity index (χ0) is 55.8. The zero-order valence-corrected chi connectivity index (χ0v) is 46.7. The van der Waals surface area contributed by atoms with Crippen LogP contribution >= 0.6 is 0 Å². The van der Waals surface area contributed by atoms with E-state index in [0.717, 1.165) is 56.3 Å². The molecule has 77 heavy (non-hydrogen) atoms. The Hall–Kier alpha value is -7.23. The maximum Gasteiger partial charge on any atom is 0.338 e. The van der Waals surface area contributed by atoms with Gasteiger partial charge in [-0.1, -0.05) is 121 Å². The molecule has 8 rings (SSSR count). The minimum atomic E-state index is -0.856. The van der Waals surface area contributed by atoms with Crippen LogP contribution in [0, 0.1) is 0 Å². The lowest BCUT2D eigenvalue weighted by Crippen LogP contribution is -2.48. The topological polar surface area (TPSA) is 169 Å². The van der Waals surface area contributed by atoms with Gasteiger partial charge < -0.3 is 19.5 Å². The first-order chi connectivity index (χ1) is 36.8. The molecular formula is C62H81N7O8. The molecule has 0 bridgehead atoms. The summed E-state index contributed by atoms with van der Waals surface area (Å²) in [6, 6.07) is 31.8. The number of nitrogens with zero attached hydrogens (tertiary/aromatic N) is 7. The summed E-state index contributed by atoms with van der Waals surface area (Å²) in [6.45, 7) is 20.6. The van der Waals surface area contributed by atoms with E-state index in [1.165, 1.54) is 76.4 Å². The number of carbonyl (C=O) groups is 5. The molecule has 0 spiro atoms. The number of aliphatic carboxylic acids is 1. The van der Waals surface area contributed by atoms with Crippen molar-refractivity contribution in [2.45, 2.75) is 123 Å². The quantitative estimate of drug-likeness (QED) is 0.0912. The van der Waals surface area contributed by atoms with Gasteiger partial charge in [-0.25, -0.2) is 14.8 Å². The average molecular weight is 1050 g/mol. The van der Waals surface area contributed by atoms with Crippen molar-refractivity contribution in [1.29, 1.82) is 0 Å². The lowest BCUT2D eigenvalue weighted by Gasteiger charge is -2.34. The number of likely N-dealkylation sites (tertiary alicyclic amines) is 1. The third kappa shape index (κ3) is 21.0. The van der Waals surface area contributed by atoms with Crippen molar-refractivity contribution < 1.29 is 38.6 Å². The van der Waals surface area contributed by atoms with Gasteiger partial charge in [0.25, 0.3) is 0 Å². The minimum absolute atomic E-state index is 0.0108. The largest absolute Gasteiger partial charge is 0.497 e. The van der Waals surface area contributed by atoms with Gasteiger partial charge in [0.2, 0.25) is 5.91 Å². The third-order valence-electron chi connectivity index (χ3n) is 13.5. The van der Waals surface area contributed by atoms with Gasteiger partial charge in [-0.05, 0) is 96.1 Å². The van der Waals surface area contributed by atoms with Gasteiger partial charge in [-0.15, -0.1) is 0 Å². The number of imidazole rings is 2. The monoisotopic (exact) mass is 1050 g/mol. The van der Waals surface area contributed by atoms with Gasteiger partial charge in [0.1, 0.15) is 24.2 Å². The van der Waals surface area contributed by atoms with Crippen molar-refractivity contribution in [2.24, 2.45) is 0 Å². The zero-order valence-electron chi connectivity index (χ0n) is 46.7. The highest BCUT2D eigenvalue weighted by molar-refractivity contribution is 5.96. The number of methoxy groups -OCH3 is 2. The second kappa shape index (κ2) is 30.5. The number of piperidine rings is 1. The fourth-order valence-electron chi connectivity index (χ4n) is 8.69. The smallest absolute Gasteiger partial charge is 0.338 e. The van der Waals surface area contributed by atoms with Crippen LogP contribution in [0.2, 0.25) is 0 Å². The predicted octanol–water partition coefficient (Wildman–Crippen LogP) is 11.4. The Labute approximate surface area is 456 Å². The molecule has 0 unspecified atom stereocenters. The molecule has 0 aliphatic carbocycles. The first-order valence-electron chi connectivity index (χ1n) is 26.8. The van der Waals surface area contributed by atoms with Gasteiger partial charge in [-0.2, -0.15) is 0 Å². The number of carboxylic acid groups (broad SMARTS) is 1. The molecule has 1 amide bonds. The van der Waals surface area contributed by atoms with Crippen molar-refractivity contribution in [3.63, 3.8) is 0 Å². The number of hydrogen-bond acceptors (Lipinski definition) is 11. The molecule has 1 N–H and O–H groups in total. The van der Waals surface area contributed by atoms with E-state index < -0.39 is 5.97 Å². The molecule has 4 heterocycles. The van der Waals surface area contributed by atoms with Gasteiger partial charge in [0, 0.05) is 101 Å². The van der Waals surface area contributed by atoms with Crippen LogP contribution in [0.15, 0.2) is 135 Å². The SMILES string of the molecule is CC(C)(C)c1ccc(C(=O)CCCC(=O)O)cc1.COc1ccc(CN2CCCCC2)cc1.COc1ccc(CN2CCN(C(=O)CCCC(=O)c3ccc(C(C)(C)C)cc3)CC2)cc1.O=C(n1ccnc1)n1ccnc1.